The third-order valence-electron chi connectivity index (χ3n) is 4.69. The fourth-order valence-corrected chi connectivity index (χ4v) is 3.61. The lowest BCUT2D eigenvalue weighted by atomic mass is 10.1. The maximum absolute atomic E-state index is 12.6. The average molecular weight is 394 g/mol. The van der Waals surface area contributed by atoms with Crippen LogP contribution >= 0.6 is 23.2 Å². The number of hydrogen-bond acceptors (Lipinski definition) is 4. The third-order valence-corrected chi connectivity index (χ3v) is 5.13. The molecule has 0 spiro atoms. The fraction of sp³-hybridized carbons (Fsp3) is 0.389. The first-order chi connectivity index (χ1) is 12.5. The number of benzene rings is 1. The van der Waals surface area contributed by atoms with Crippen LogP contribution in [0.3, 0.4) is 0 Å². The molecule has 0 unspecified atom stereocenters. The highest BCUT2D eigenvalue weighted by Gasteiger charge is 2.31. The first-order valence-electron chi connectivity index (χ1n) is 8.52. The van der Waals surface area contributed by atoms with Crippen LogP contribution in [0, 0.1) is 0 Å². The van der Waals surface area contributed by atoms with Crippen LogP contribution in [0.5, 0.6) is 0 Å². The van der Waals surface area contributed by atoms with E-state index in [0.717, 1.165) is 18.6 Å². The van der Waals surface area contributed by atoms with E-state index in [1.807, 2.05) is 0 Å². The Morgan fingerprint density at radius 3 is 2.08 bits per heavy atom. The van der Waals surface area contributed by atoms with Crippen molar-refractivity contribution in [1.82, 2.24) is 15.0 Å². The zero-order valence-corrected chi connectivity index (χ0v) is 15.5. The smallest absolute Gasteiger partial charge is 0.276 e. The normalized spacial score (nSPS) is 17.5. The summed E-state index contributed by atoms with van der Waals surface area (Å²) in [5.41, 5.74) is 0.793. The summed E-state index contributed by atoms with van der Waals surface area (Å²) in [7, 11) is 0. The molecule has 2 heterocycles. The van der Waals surface area contributed by atoms with Crippen LogP contribution in [0.15, 0.2) is 28.8 Å². The quantitative estimate of drug-likeness (QED) is 0.800. The molecule has 2 aromatic rings. The van der Waals surface area contributed by atoms with E-state index in [9.17, 15) is 9.59 Å². The molecule has 1 aromatic heterocycles. The molecule has 0 bridgehead atoms. The maximum atomic E-state index is 12.6. The molecule has 1 aliphatic carbocycles. The maximum Gasteiger partial charge on any atom is 0.276 e. The van der Waals surface area contributed by atoms with Gasteiger partial charge in [0.15, 0.2) is 5.69 Å². The number of carbonyl (C=O) groups is 2. The van der Waals surface area contributed by atoms with Crippen LogP contribution in [0.1, 0.15) is 45.4 Å². The molecule has 6 nitrogen and oxygen atoms in total. The SMILES string of the molecule is O=C(c1cc(Cl)cc(Cl)c1)N1CCN(C(=O)c2cc(C3CC3)on2)CC1. The fourth-order valence-electron chi connectivity index (χ4n) is 3.08. The summed E-state index contributed by atoms with van der Waals surface area (Å²) in [5, 5.41) is 4.74. The standard InChI is InChI=1S/C18H17Cl2N3O3/c19-13-7-12(8-14(20)9-13)17(24)22-3-5-23(6-4-22)18(25)15-10-16(26-21-15)11-1-2-11/h7-11H,1-6H2. The second-order valence-corrected chi connectivity index (χ2v) is 7.50. The van der Waals surface area contributed by atoms with Crippen molar-refractivity contribution in [3.05, 3.63) is 51.3 Å². The number of amides is 2. The van der Waals surface area contributed by atoms with Crippen molar-refractivity contribution in [3.8, 4) is 0 Å². The van der Waals surface area contributed by atoms with Crippen LogP contribution in [0.4, 0.5) is 0 Å². The average Bonchev–Trinajstić information content (AvgIpc) is 3.37. The van der Waals surface area contributed by atoms with Gasteiger partial charge < -0.3 is 14.3 Å². The van der Waals surface area contributed by atoms with Gasteiger partial charge in [-0.2, -0.15) is 0 Å². The summed E-state index contributed by atoms with van der Waals surface area (Å²) in [6.45, 7) is 1.79. The van der Waals surface area contributed by atoms with Gasteiger partial charge in [-0.1, -0.05) is 28.4 Å². The van der Waals surface area contributed by atoms with Crippen molar-refractivity contribution >= 4 is 35.0 Å². The predicted molar refractivity (Wildman–Crippen MR) is 96.7 cm³/mol. The number of hydrogen-bond donors (Lipinski definition) is 0. The van der Waals surface area contributed by atoms with Gasteiger partial charge in [0.25, 0.3) is 11.8 Å². The highest BCUT2D eigenvalue weighted by Crippen LogP contribution is 2.40. The van der Waals surface area contributed by atoms with E-state index in [0.29, 0.717) is 53.4 Å². The molecule has 0 radical (unpaired) electrons. The van der Waals surface area contributed by atoms with Crippen LogP contribution in [-0.4, -0.2) is 52.9 Å². The molecule has 1 aliphatic heterocycles. The van der Waals surface area contributed by atoms with E-state index < -0.39 is 0 Å². The molecule has 136 valence electrons. The van der Waals surface area contributed by atoms with E-state index in [-0.39, 0.29) is 11.8 Å². The zero-order chi connectivity index (χ0) is 18.3. The summed E-state index contributed by atoms with van der Waals surface area (Å²) < 4.78 is 5.25. The molecule has 8 heteroatoms. The molecule has 1 saturated carbocycles. The summed E-state index contributed by atoms with van der Waals surface area (Å²) in [6.07, 6.45) is 2.19. The molecule has 1 saturated heterocycles. The molecular formula is C18H17Cl2N3O3. The highest BCUT2D eigenvalue weighted by atomic mass is 35.5. The van der Waals surface area contributed by atoms with Gasteiger partial charge in [-0.3, -0.25) is 9.59 Å². The summed E-state index contributed by atoms with van der Waals surface area (Å²) >= 11 is 11.9. The van der Waals surface area contributed by atoms with Crippen LogP contribution in [-0.2, 0) is 0 Å². The largest absolute Gasteiger partial charge is 0.360 e. The predicted octanol–water partition coefficient (Wildman–Crippen LogP) is 3.46. The van der Waals surface area contributed by atoms with Crippen molar-refractivity contribution in [1.29, 1.82) is 0 Å². The van der Waals surface area contributed by atoms with Crippen molar-refractivity contribution in [3.63, 3.8) is 0 Å². The van der Waals surface area contributed by atoms with Gasteiger partial charge >= 0.3 is 0 Å². The summed E-state index contributed by atoms with van der Waals surface area (Å²) in [6, 6.07) is 6.53. The third kappa shape index (κ3) is 3.57. The number of halogens is 2. The monoisotopic (exact) mass is 393 g/mol. The van der Waals surface area contributed by atoms with Crippen molar-refractivity contribution in [2.45, 2.75) is 18.8 Å². The first-order valence-corrected chi connectivity index (χ1v) is 9.28. The Morgan fingerprint density at radius 1 is 0.923 bits per heavy atom. The number of nitrogens with zero attached hydrogens (tertiary/aromatic N) is 3. The van der Waals surface area contributed by atoms with E-state index >= 15 is 0 Å². The molecule has 0 atom stereocenters. The lowest BCUT2D eigenvalue weighted by molar-refractivity contribution is 0.0530. The van der Waals surface area contributed by atoms with E-state index in [1.165, 1.54) is 0 Å². The van der Waals surface area contributed by atoms with Crippen molar-refractivity contribution in [2.75, 3.05) is 26.2 Å². The Morgan fingerprint density at radius 2 is 1.50 bits per heavy atom. The van der Waals surface area contributed by atoms with Gasteiger partial charge in [0.2, 0.25) is 0 Å². The Balaban J connectivity index is 1.38. The molecule has 26 heavy (non-hydrogen) atoms. The Kier molecular flexibility index (Phi) is 4.63. The molecule has 2 amide bonds. The highest BCUT2D eigenvalue weighted by molar-refractivity contribution is 6.35. The lowest BCUT2D eigenvalue weighted by Crippen LogP contribution is -2.50. The number of piperazine rings is 1. The van der Waals surface area contributed by atoms with E-state index in [4.69, 9.17) is 27.7 Å². The van der Waals surface area contributed by atoms with Crippen molar-refractivity contribution < 1.29 is 14.1 Å². The zero-order valence-electron chi connectivity index (χ0n) is 14.0. The topological polar surface area (TPSA) is 66.7 Å². The van der Waals surface area contributed by atoms with Gasteiger partial charge in [0.05, 0.1) is 0 Å². The van der Waals surface area contributed by atoms with Gasteiger partial charge in [0, 0.05) is 53.8 Å². The van der Waals surface area contributed by atoms with Crippen LogP contribution in [0.25, 0.3) is 0 Å². The van der Waals surface area contributed by atoms with Gasteiger partial charge in [-0.15, -0.1) is 0 Å². The van der Waals surface area contributed by atoms with Gasteiger partial charge in [-0.05, 0) is 31.0 Å². The first kappa shape index (κ1) is 17.4. The van der Waals surface area contributed by atoms with E-state index in [2.05, 4.69) is 5.16 Å². The summed E-state index contributed by atoms with van der Waals surface area (Å²) in [4.78, 5) is 28.6. The minimum absolute atomic E-state index is 0.140. The van der Waals surface area contributed by atoms with Crippen LogP contribution in [0.2, 0.25) is 10.0 Å². The molecule has 4 rings (SSSR count). The molecule has 0 N–H and O–H groups in total. The molecule has 1 aromatic carbocycles. The minimum Gasteiger partial charge on any atom is -0.360 e. The van der Waals surface area contributed by atoms with E-state index in [1.54, 1.807) is 34.1 Å². The number of rotatable bonds is 3. The Hall–Kier alpha value is -2.05. The molecule has 2 fully saturated rings. The lowest BCUT2D eigenvalue weighted by Gasteiger charge is -2.34. The second-order valence-electron chi connectivity index (χ2n) is 6.63. The minimum atomic E-state index is -0.154. The Bertz CT molecular complexity index is 835. The second kappa shape index (κ2) is 6.93. The van der Waals surface area contributed by atoms with Gasteiger partial charge in [-0.25, -0.2) is 0 Å². The number of aromatic nitrogens is 1. The van der Waals surface area contributed by atoms with Crippen LogP contribution < -0.4 is 0 Å². The van der Waals surface area contributed by atoms with Gasteiger partial charge in [0.1, 0.15) is 5.76 Å². The summed E-state index contributed by atoms with van der Waals surface area (Å²) in [5.74, 6) is 0.917. The van der Waals surface area contributed by atoms with Crippen molar-refractivity contribution in [2.24, 2.45) is 0 Å². The number of carbonyl (C=O) groups excluding carboxylic acids is 2. The molecular weight excluding hydrogens is 377 g/mol. The Labute approximate surface area is 160 Å². The molecule has 2 aliphatic rings.